The Morgan fingerprint density at radius 3 is 2.81 bits per heavy atom. The molecule has 0 spiro atoms. The van der Waals surface area contributed by atoms with Crippen LogP contribution in [0.3, 0.4) is 0 Å². The lowest BCUT2D eigenvalue weighted by Gasteiger charge is -2.26. The summed E-state index contributed by atoms with van der Waals surface area (Å²) in [6, 6.07) is 5.36. The molecule has 0 radical (unpaired) electrons. The first-order chi connectivity index (χ1) is 10.0. The van der Waals surface area contributed by atoms with Crippen molar-refractivity contribution in [3.8, 4) is 0 Å². The molecule has 1 aliphatic rings. The number of hydrogen-bond acceptors (Lipinski definition) is 4. The van der Waals surface area contributed by atoms with Gasteiger partial charge in [0.15, 0.2) is 0 Å². The highest BCUT2D eigenvalue weighted by atomic mass is 32.1. The smallest absolute Gasteiger partial charge is 0.0331 e. The van der Waals surface area contributed by atoms with Gasteiger partial charge in [-0.05, 0) is 58.1 Å². The Balaban J connectivity index is 1.81. The SMILES string of the molecule is CC(C)CNCc1ccc(CN2CCCC2CN(C)C)s1. The van der Waals surface area contributed by atoms with E-state index >= 15 is 0 Å². The molecule has 0 saturated carbocycles. The van der Waals surface area contributed by atoms with Crippen LogP contribution in [0.25, 0.3) is 0 Å². The minimum atomic E-state index is 0.723. The maximum atomic E-state index is 3.53. The summed E-state index contributed by atoms with van der Waals surface area (Å²) in [5, 5.41) is 3.53. The summed E-state index contributed by atoms with van der Waals surface area (Å²) in [4.78, 5) is 7.96. The van der Waals surface area contributed by atoms with Gasteiger partial charge in [-0.1, -0.05) is 13.8 Å². The molecule has 1 saturated heterocycles. The summed E-state index contributed by atoms with van der Waals surface area (Å²) < 4.78 is 0. The van der Waals surface area contributed by atoms with E-state index in [0.29, 0.717) is 0 Å². The maximum Gasteiger partial charge on any atom is 0.0331 e. The van der Waals surface area contributed by atoms with Gasteiger partial charge in [0.2, 0.25) is 0 Å². The van der Waals surface area contributed by atoms with Crippen molar-refractivity contribution in [2.45, 2.75) is 45.8 Å². The molecule has 0 aromatic carbocycles. The Hall–Kier alpha value is -0.420. The van der Waals surface area contributed by atoms with Crippen molar-refractivity contribution in [2.75, 3.05) is 33.7 Å². The third-order valence-electron chi connectivity index (χ3n) is 4.00. The summed E-state index contributed by atoms with van der Waals surface area (Å²) in [6.45, 7) is 10.2. The van der Waals surface area contributed by atoms with Gasteiger partial charge in [-0.15, -0.1) is 11.3 Å². The molecule has 1 aliphatic heterocycles. The zero-order valence-electron chi connectivity index (χ0n) is 14.1. The first-order valence-electron chi connectivity index (χ1n) is 8.21. The van der Waals surface area contributed by atoms with E-state index in [1.54, 1.807) is 0 Å². The molecule has 120 valence electrons. The van der Waals surface area contributed by atoms with E-state index in [0.717, 1.165) is 31.6 Å². The summed E-state index contributed by atoms with van der Waals surface area (Å²) >= 11 is 1.97. The summed E-state index contributed by atoms with van der Waals surface area (Å²) in [5.74, 6) is 0.723. The summed E-state index contributed by atoms with van der Waals surface area (Å²) in [6.07, 6.45) is 2.71. The molecule has 0 bridgehead atoms. The van der Waals surface area contributed by atoms with Crippen molar-refractivity contribution in [3.05, 3.63) is 21.9 Å². The van der Waals surface area contributed by atoms with Crippen LogP contribution < -0.4 is 5.32 Å². The van der Waals surface area contributed by atoms with Crippen molar-refractivity contribution in [1.82, 2.24) is 15.1 Å². The lowest BCUT2D eigenvalue weighted by molar-refractivity contribution is 0.202. The Bertz CT molecular complexity index is 414. The quantitative estimate of drug-likeness (QED) is 0.796. The molecule has 0 aliphatic carbocycles. The number of likely N-dealkylation sites (N-methyl/N-ethyl adjacent to an activating group) is 1. The van der Waals surface area contributed by atoms with Gasteiger partial charge in [-0.2, -0.15) is 0 Å². The van der Waals surface area contributed by atoms with Gasteiger partial charge in [-0.3, -0.25) is 4.90 Å². The molecule has 1 fully saturated rings. The summed E-state index contributed by atoms with van der Waals surface area (Å²) in [7, 11) is 4.36. The van der Waals surface area contributed by atoms with Gasteiger partial charge in [0.05, 0.1) is 0 Å². The number of thiophene rings is 1. The fourth-order valence-corrected chi connectivity index (χ4v) is 4.03. The first-order valence-corrected chi connectivity index (χ1v) is 9.03. The minimum Gasteiger partial charge on any atom is -0.312 e. The van der Waals surface area contributed by atoms with Gasteiger partial charge in [-0.25, -0.2) is 0 Å². The zero-order valence-corrected chi connectivity index (χ0v) is 14.9. The normalized spacial score (nSPS) is 20.0. The van der Waals surface area contributed by atoms with E-state index < -0.39 is 0 Å². The molecule has 1 aromatic rings. The van der Waals surface area contributed by atoms with Gasteiger partial charge in [0.1, 0.15) is 0 Å². The van der Waals surface area contributed by atoms with Gasteiger partial charge < -0.3 is 10.2 Å². The van der Waals surface area contributed by atoms with E-state index in [-0.39, 0.29) is 0 Å². The second-order valence-corrected chi connectivity index (χ2v) is 8.17. The van der Waals surface area contributed by atoms with E-state index in [1.165, 1.54) is 35.7 Å². The first kappa shape index (κ1) is 16.9. The molecule has 1 N–H and O–H groups in total. The van der Waals surface area contributed by atoms with Crippen molar-refractivity contribution < 1.29 is 0 Å². The van der Waals surface area contributed by atoms with Crippen LogP contribution >= 0.6 is 11.3 Å². The van der Waals surface area contributed by atoms with Crippen LogP contribution in [0.5, 0.6) is 0 Å². The van der Waals surface area contributed by atoms with Crippen LogP contribution in [0.15, 0.2) is 12.1 Å². The molecular formula is C17H31N3S. The molecule has 3 nitrogen and oxygen atoms in total. The van der Waals surface area contributed by atoms with Crippen molar-refractivity contribution >= 4 is 11.3 Å². The van der Waals surface area contributed by atoms with Crippen LogP contribution in [0, 0.1) is 5.92 Å². The molecule has 1 unspecified atom stereocenters. The fraction of sp³-hybridized carbons (Fsp3) is 0.765. The Morgan fingerprint density at radius 2 is 2.10 bits per heavy atom. The number of nitrogens with zero attached hydrogens (tertiary/aromatic N) is 2. The number of hydrogen-bond donors (Lipinski definition) is 1. The molecule has 1 atom stereocenters. The van der Waals surface area contributed by atoms with E-state index in [1.807, 2.05) is 11.3 Å². The molecule has 2 heterocycles. The predicted molar refractivity (Wildman–Crippen MR) is 92.8 cm³/mol. The fourth-order valence-electron chi connectivity index (χ4n) is 3.02. The Labute approximate surface area is 134 Å². The monoisotopic (exact) mass is 309 g/mol. The zero-order chi connectivity index (χ0) is 15.2. The van der Waals surface area contributed by atoms with Crippen molar-refractivity contribution in [1.29, 1.82) is 0 Å². The molecule has 4 heteroatoms. The highest BCUT2D eigenvalue weighted by Crippen LogP contribution is 2.24. The largest absolute Gasteiger partial charge is 0.312 e. The topological polar surface area (TPSA) is 18.5 Å². The second-order valence-electron chi connectivity index (χ2n) is 6.92. The Kier molecular flexibility index (Phi) is 6.68. The van der Waals surface area contributed by atoms with Crippen molar-refractivity contribution in [3.63, 3.8) is 0 Å². The number of nitrogens with one attached hydrogen (secondary N) is 1. The summed E-state index contributed by atoms with van der Waals surface area (Å²) in [5.41, 5.74) is 0. The highest BCUT2D eigenvalue weighted by Gasteiger charge is 2.25. The third-order valence-corrected chi connectivity index (χ3v) is 5.07. The average molecular weight is 310 g/mol. The van der Waals surface area contributed by atoms with Gasteiger partial charge >= 0.3 is 0 Å². The van der Waals surface area contributed by atoms with Crippen LogP contribution in [0.1, 0.15) is 36.4 Å². The van der Waals surface area contributed by atoms with E-state index in [4.69, 9.17) is 0 Å². The molecule has 1 aromatic heterocycles. The van der Waals surface area contributed by atoms with E-state index in [9.17, 15) is 0 Å². The maximum absolute atomic E-state index is 3.53. The molecule has 2 rings (SSSR count). The second kappa shape index (κ2) is 8.28. The third kappa shape index (κ3) is 5.70. The lowest BCUT2D eigenvalue weighted by atomic mass is 10.2. The van der Waals surface area contributed by atoms with Gasteiger partial charge in [0.25, 0.3) is 0 Å². The average Bonchev–Trinajstić information content (AvgIpc) is 3.00. The van der Waals surface area contributed by atoms with Crippen LogP contribution in [-0.2, 0) is 13.1 Å². The standard InChI is InChI=1S/C17H31N3S/c1-14(2)10-18-11-16-7-8-17(21-16)13-20-9-5-6-15(20)12-19(3)4/h7-8,14-15,18H,5-6,9-13H2,1-4H3. The van der Waals surface area contributed by atoms with Crippen LogP contribution in [-0.4, -0.2) is 49.6 Å². The lowest BCUT2D eigenvalue weighted by Crippen LogP contribution is -2.36. The number of likely N-dealkylation sites (tertiary alicyclic amines) is 1. The molecule has 0 amide bonds. The molecular weight excluding hydrogens is 278 g/mol. The van der Waals surface area contributed by atoms with Crippen molar-refractivity contribution in [2.24, 2.45) is 5.92 Å². The highest BCUT2D eigenvalue weighted by molar-refractivity contribution is 7.11. The molecule has 21 heavy (non-hydrogen) atoms. The van der Waals surface area contributed by atoms with Gasteiger partial charge in [0, 0.05) is 35.4 Å². The van der Waals surface area contributed by atoms with Crippen LogP contribution in [0.2, 0.25) is 0 Å². The number of rotatable bonds is 8. The minimum absolute atomic E-state index is 0.723. The van der Waals surface area contributed by atoms with E-state index in [2.05, 4.69) is 55.2 Å². The van der Waals surface area contributed by atoms with Crippen LogP contribution in [0.4, 0.5) is 0 Å². The Morgan fingerprint density at radius 1 is 1.33 bits per heavy atom. The predicted octanol–water partition coefficient (Wildman–Crippen LogP) is 3.02.